The van der Waals surface area contributed by atoms with Crippen molar-refractivity contribution in [2.45, 2.75) is 42.4 Å². The highest BCUT2D eigenvalue weighted by molar-refractivity contribution is 8.01. The van der Waals surface area contributed by atoms with Crippen LogP contribution in [0.15, 0.2) is 23.1 Å². The lowest BCUT2D eigenvalue weighted by Gasteiger charge is -2.32. The van der Waals surface area contributed by atoms with E-state index in [0.717, 1.165) is 41.9 Å². The lowest BCUT2D eigenvalue weighted by molar-refractivity contribution is -0.122. The highest BCUT2D eigenvalue weighted by atomic mass is 32.2. The van der Waals surface area contributed by atoms with Crippen LogP contribution in [-0.4, -0.2) is 56.8 Å². The number of methoxy groups -OCH3 is 1. The first kappa shape index (κ1) is 20.7. The van der Waals surface area contributed by atoms with Gasteiger partial charge in [0.25, 0.3) is 0 Å². The van der Waals surface area contributed by atoms with Crippen molar-refractivity contribution in [3.63, 3.8) is 0 Å². The zero-order chi connectivity index (χ0) is 20.3. The predicted molar refractivity (Wildman–Crippen MR) is 110 cm³/mol. The number of ether oxygens (including phenoxy) is 1. The molecule has 1 aliphatic heterocycles. The molecule has 0 bridgehead atoms. The summed E-state index contributed by atoms with van der Waals surface area (Å²) in [6, 6.07) is 5.64. The van der Waals surface area contributed by atoms with Crippen molar-refractivity contribution >= 4 is 41.4 Å². The molecule has 1 aliphatic carbocycles. The third-order valence-electron chi connectivity index (χ3n) is 5.20. The van der Waals surface area contributed by atoms with E-state index in [2.05, 4.69) is 5.32 Å². The summed E-state index contributed by atoms with van der Waals surface area (Å²) in [5.41, 5.74) is 1.60. The van der Waals surface area contributed by atoms with Gasteiger partial charge in [-0.05, 0) is 37.5 Å². The molecule has 1 unspecified atom stereocenters. The SMILES string of the molecule is CCC1Sc2cc(N(C=O)C[C@H](CNC(=O)C3CC3)OC)ccc2N(C)C1=O. The Kier molecular flexibility index (Phi) is 6.61. The van der Waals surface area contributed by atoms with E-state index in [1.807, 2.05) is 25.1 Å². The molecular weight excluding hydrogens is 378 g/mol. The molecule has 1 N–H and O–H groups in total. The summed E-state index contributed by atoms with van der Waals surface area (Å²) >= 11 is 1.54. The first-order valence-corrected chi connectivity index (χ1v) is 10.5. The molecule has 0 radical (unpaired) electrons. The van der Waals surface area contributed by atoms with Gasteiger partial charge in [-0.1, -0.05) is 6.92 Å². The summed E-state index contributed by atoms with van der Waals surface area (Å²) < 4.78 is 5.46. The zero-order valence-electron chi connectivity index (χ0n) is 16.5. The van der Waals surface area contributed by atoms with Gasteiger partial charge in [-0.2, -0.15) is 0 Å². The van der Waals surface area contributed by atoms with E-state index in [1.165, 1.54) is 11.8 Å². The number of anilines is 2. The number of rotatable bonds is 9. The number of nitrogens with one attached hydrogen (secondary N) is 1. The van der Waals surface area contributed by atoms with E-state index in [4.69, 9.17) is 4.74 Å². The maximum absolute atomic E-state index is 12.3. The molecule has 3 amide bonds. The van der Waals surface area contributed by atoms with E-state index in [0.29, 0.717) is 13.1 Å². The predicted octanol–water partition coefficient (Wildman–Crippen LogP) is 2.04. The monoisotopic (exact) mass is 405 g/mol. The van der Waals surface area contributed by atoms with Gasteiger partial charge in [0.2, 0.25) is 18.2 Å². The molecule has 0 aromatic heterocycles. The molecule has 1 heterocycles. The molecule has 1 fully saturated rings. The van der Waals surface area contributed by atoms with Crippen molar-refractivity contribution < 1.29 is 19.1 Å². The van der Waals surface area contributed by atoms with Gasteiger partial charge in [0.15, 0.2) is 0 Å². The molecule has 2 atom stereocenters. The first-order chi connectivity index (χ1) is 13.5. The zero-order valence-corrected chi connectivity index (χ0v) is 17.3. The summed E-state index contributed by atoms with van der Waals surface area (Å²) in [6.07, 6.45) is 3.13. The van der Waals surface area contributed by atoms with Crippen molar-refractivity contribution in [3.8, 4) is 0 Å². The van der Waals surface area contributed by atoms with Crippen LogP contribution in [-0.2, 0) is 19.1 Å². The highest BCUT2D eigenvalue weighted by Gasteiger charge is 2.31. The maximum atomic E-state index is 12.3. The minimum atomic E-state index is -0.302. The molecular formula is C20H27N3O4S. The third-order valence-corrected chi connectivity index (χ3v) is 6.60. The van der Waals surface area contributed by atoms with Crippen molar-refractivity contribution in [1.29, 1.82) is 0 Å². The van der Waals surface area contributed by atoms with Gasteiger partial charge < -0.3 is 19.9 Å². The fourth-order valence-electron chi connectivity index (χ4n) is 3.20. The Balaban J connectivity index is 1.70. The van der Waals surface area contributed by atoms with Crippen LogP contribution in [0.1, 0.15) is 26.2 Å². The van der Waals surface area contributed by atoms with Crippen LogP contribution in [0.3, 0.4) is 0 Å². The molecule has 7 nitrogen and oxygen atoms in total. The molecule has 1 aromatic carbocycles. The molecule has 28 heavy (non-hydrogen) atoms. The number of hydrogen-bond acceptors (Lipinski definition) is 5. The number of fused-ring (bicyclic) bond motifs is 1. The lowest BCUT2D eigenvalue weighted by atomic mass is 10.2. The lowest BCUT2D eigenvalue weighted by Crippen LogP contribution is -2.41. The summed E-state index contributed by atoms with van der Waals surface area (Å²) in [7, 11) is 3.36. The van der Waals surface area contributed by atoms with Gasteiger partial charge >= 0.3 is 0 Å². The molecule has 1 saturated carbocycles. The molecule has 2 aliphatic rings. The summed E-state index contributed by atoms with van der Waals surface area (Å²) in [5, 5.41) is 2.79. The van der Waals surface area contributed by atoms with Gasteiger partial charge in [-0.25, -0.2) is 0 Å². The van der Waals surface area contributed by atoms with Gasteiger partial charge in [0.05, 0.1) is 23.6 Å². The molecule has 1 aromatic rings. The van der Waals surface area contributed by atoms with Crippen molar-refractivity contribution in [2.75, 3.05) is 37.0 Å². The number of hydrogen-bond donors (Lipinski definition) is 1. The van der Waals surface area contributed by atoms with Crippen LogP contribution in [0.4, 0.5) is 11.4 Å². The quantitative estimate of drug-likeness (QED) is 0.636. The second-order valence-electron chi connectivity index (χ2n) is 7.20. The largest absolute Gasteiger partial charge is 0.378 e. The summed E-state index contributed by atoms with van der Waals surface area (Å²) in [5.74, 6) is 0.303. The minimum absolute atomic E-state index is 0.0585. The first-order valence-electron chi connectivity index (χ1n) is 9.59. The molecule has 3 rings (SSSR count). The Bertz CT molecular complexity index is 753. The van der Waals surface area contributed by atoms with Gasteiger partial charge in [0, 0.05) is 37.2 Å². The van der Waals surface area contributed by atoms with E-state index in [-0.39, 0.29) is 29.1 Å². The molecule has 152 valence electrons. The fourth-order valence-corrected chi connectivity index (χ4v) is 4.45. The molecule has 0 saturated heterocycles. The average Bonchev–Trinajstić information content (AvgIpc) is 3.55. The normalized spacial score (nSPS) is 19.8. The van der Waals surface area contributed by atoms with E-state index >= 15 is 0 Å². The van der Waals surface area contributed by atoms with Crippen molar-refractivity contribution in [2.24, 2.45) is 5.92 Å². The Labute approximate surface area is 169 Å². The molecule has 8 heteroatoms. The summed E-state index contributed by atoms with van der Waals surface area (Å²) in [6.45, 7) is 2.69. The minimum Gasteiger partial charge on any atom is -0.378 e. The Hall–Kier alpha value is -2.06. The Morgan fingerprint density at radius 3 is 2.82 bits per heavy atom. The second kappa shape index (κ2) is 8.96. The summed E-state index contributed by atoms with van der Waals surface area (Å²) in [4.78, 5) is 40.2. The van der Waals surface area contributed by atoms with Crippen LogP contribution >= 0.6 is 11.8 Å². The van der Waals surface area contributed by atoms with Gasteiger partial charge in [0.1, 0.15) is 0 Å². The number of nitrogens with zero attached hydrogens (tertiary/aromatic N) is 2. The number of amides is 3. The van der Waals surface area contributed by atoms with Crippen LogP contribution in [0.25, 0.3) is 0 Å². The van der Waals surface area contributed by atoms with Gasteiger partial charge in [-0.3, -0.25) is 14.4 Å². The van der Waals surface area contributed by atoms with E-state index in [9.17, 15) is 14.4 Å². The van der Waals surface area contributed by atoms with Crippen LogP contribution in [0.5, 0.6) is 0 Å². The number of carbonyl (C=O) groups is 3. The standard InChI is InChI=1S/C20H27N3O4S/c1-4-17-20(26)22(2)16-8-7-14(9-18(16)28-17)23(12-24)11-15(27-3)10-21-19(25)13-5-6-13/h7-9,12-13,15,17H,4-6,10-11H2,1-3H3,(H,21,25)/t15-,17?/m0/s1. The second-order valence-corrected chi connectivity index (χ2v) is 8.44. The highest BCUT2D eigenvalue weighted by Crippen LogP contribution is 2.41. The van der Waals surface area contributed by atoms with E-state index < -0.39 is 0 Å². The Morgan fingerprint density at radius 1 is 1.46 bits per heavy atom. The number of thioether (sulfide) groups is 1. The van der Waals surface area contributed by atoms with Crippen molar-refractivity contribution in [1.82, 2.24) is 5.32 Å². The van der Waals surface area contributed by atoms with Gasteiger partial charge in [-0.15, -0.1) is 11.8 Å². The maximum Gasteiger partial charge on any atom is 0.240 e. The smallest absolute Gasteiger partial charge is 0.240 e. The molecule has 0 spiro atoms. The van der Waals surface area contributed by atoms with Crippen LogP contribution in [0, 0.1) is 5.92 Å². The van der Waals surface area contributed by atoms with Crippen LogP contribution in [0.2, 0.25) is 0 Å². The van der Waals surface area contributed by atoms with Crippen molar-refractivity contribution in [3.05, 3.63) is 18.2 Å². The van der Waals surface area contributed by atoms with E-state index in [1.54, 1.807) is 24.0 Å². The topological polar surface area (TPSA) is 79.0 Å². The fraction of sp³-hybridized carbons (Fsp3) is 0.550. The number of carbonyl (C=O) groups excluding carboxylic acids is 3. The average molecular weight is 406 g/mol. The Morgan fingerprint density at radius 2 is 2.21 bits per heavy atom. The van der Waals surface area contributed by atoms with Crippen LogP contribution < -0.4 is 15.1 Å². The third kappa shape index (κ3) is 4.50. The number of benzene rings is 1.